The summed E-state index contributed by atoms with van der Waals surface area (Å²) in [5, 5.41) is 7.28. The number of benzene rings is 1. The number of amides is 1. The van der Waals surface area contributed by atoms with Gasteiger partial charge in [-0.25, -0.2) is 4.68 Å². The lowest BCUT2D eigenvalue weighted by Crippen LogP contribution is -2.25. The topological polar surface area (TPSA) is 79.8 Å². The van der Waals surface area contributed by atoms with Crippen LogP contribution in [0, 0.1) is 0 Å². The second-order valence-corrected chi connectivity index (χ2v) is 6.23. The first-order valence-electron chi connectivity index (χ1n) is 8.31. The van der Waals surface area contributed by atoms with E-state index in [1.165, 1.54) is 6.07 Å². The molecule has 1 aliphatic carbocycles. The standard InChI is InChI=1S/C19H18N4O2/c24-18-11-14(10-17(21-18)13-6-7-13)19(25)20-12-15-8-9-23(22-15)16-4-2-1-3-5-16/h1-5,8-11,13H,6-7,12H2,(H,20,25)(H,21,24). The van der Waals surface area contributed by atoms with E-state index < -0.39 is 0 Å². The van der Waals surface area contributed by atoms with Crippen LogP contribution in [-0.4, -0.2) is 20.7 Å². The van der Waals surface area contributed by atoms with Crippen LogP contribution in [0.15, 0.2) is 59.5 Å². The summed E-state index contributed by atoms with van der Waals surface area (Å²) in [5.74, 6) is 0.129. The van der Waals surface area contributed by atoms with Crippen LogP contribution in [0.2, 0.25) is 0 Å². The average Bonchev–Trinajstić information content (AvgIpc) is 3.38. The minimum absolute atomic E-state index is 0.233. The molecule has 0 aliphatic heterocycles. The summed E-state index contributed by atoms with van der Waals surface area (Å²) in [5.41, 5.74) is 2.73. The second kappa shape index (κ2) is 6.39. The number of nitrogens with zero attached hydrogens (tertiary/aromatic N) is 2. The van der Waals surface area contributed by atoms with Crippen molar-refractivity contribution in [3.63, 3.8) is 0 Å². The van der Waals surface area contributed by atoms with Crippen molar-refractivity contribution >= 4 is 5.91 Å². The maximum atomic E-state index is 12.3. The van der Waals surface area contributed by atoms with Gasteiger partial charge >= 0.3 is 0 Å². The maximum absolute atomic E-state index is 12.3. The van der Waals surface area contributed by atoms with Crippen LogP contribution in [0.3, 0.4) is 0 Å². The normalized spacial score (nSPS) is 13.6. The number of para-hydroxylation sites is 1. The Bertz CT molecular complexity index is 955. The Morgan fingerprint density at radius 1 is 1.20 bits per heavy atom. The van der Waals surface area contributed by atoms with Gasteiger partial charge in [-0.3, -0.25) is 9.59 Å². The van der Waals surface area contributed by atoms with Crippen molar-refractivity contribution in [1.29, 1.82) is 0 Å². The molecule has 4 rings (SSSR count). The van der Waals surface area contributed by atoms with Gasteiger partial charge in [-0.2, -0.15) is 5.10 Å². The summed E-state index contributed by atoms with van der Waals surface area (Å²) < 4.78 is 1.76. The summed E-state index contributed by atoms with van der Waals surface area (Å²) in [6, 6.07) is 14.7. The number of carbonyl (C=O) groups excluding carboxylic acids is 1. The molecule has 2 heterocycles. The smallest absolute Gasteiger partial charge is 0.251 e. The minimum Gasteiger partial charge on any atom is -0.346 e. The molecule has 1 aliphatic rings. The van der Waals surface area contributed by atoms with Crippen LogP contribution in [-0.2, 0) is 6.54 Å². The van der Waals surface area contributed by atoms with E-state index in [4.69, 9.17) is 0 Å². The van der Waals surface area contributed by atoms with Gasteiger partial charge in [0.05, 0.1) is 17.9 Å². The zero-order valence-corrected chi connectivity index (χ0v) is 13.6. The average molecular weight is 334 g/mol. The highest BCUT2D eigenvalue weighted by molar-refractivity contribution is 5.94. The van der Waals surface area contributed by atoms with Crippen LogP contribution < -0.4 is 10.9 Å². The molecule has 25 heavy (non-hydrogen) atoms. The number of hydrogen-bond acceptors (Lipinski definition) is 3. The van der Waals surface area contributed by atoms with Crippen LogP contribution in [0.4, 0.5) is 0 Å². The Morgan fingerprint density at radius 2 is 2.00 bits per heavy atom. The van der Waals surface area contributed by atoms with E-state index in [1.807, 2.05) is 42.6 Å². The molecule has 1 amide bonds. The quantitative estimate of drug-likeness (QED) is 0.752. The fraction of sp³-hybridized carbons (Fsp3) is 0.211. The Labute approximate surface area is 144 Å². The Kier molecular flexibility index (Phi) is 3.93. The van der Waals surface area contributed by atoms with Crippen molar-refractivity contribution in [2.24, 2.45) is 0 Å². The molecule has 0 spiro atoms. The van der Waals surface area contributed by atoms with Gasteiger partial charge < -0.3 is 10.3 Å². The fourth-order valence-corrected chi connectivity index (χ4v) is 2.76. The van der Waals surface area contributed by atoms with E-state index in [2.05, 4.69) is 15.4 Å². The van der Waals surface area contributed by atoms with Gasteiger partial charge in [0.15, 0.2) is 0 Å². The van der Waals surface area contributed by atoms with Crippen LogP contribution in [0.1, 0.15) is 40.5 Å². The molecule has 0 saturated heterocycles. The summed E-state index contributed by atoms with van der Waals surface area (Å²) in [6.45, 7) is 0.310. The largest absolute Gasteiger partial charge is 0.346 e. The second-order valence-electron chi connectivity index (χ2n) is 6.23. The Balaban J connectivity index is 1.44. The highest BCUT2D eigenvalue weighted by Gasteiger charge is 2.25. The van der Waals surface area contributed by atoms with Crippen molar-refractivity contribution in [2.75, 3.05) is 0 Å². The Hall–Kier alpha value is -3.15. The Morgan fingerprint density at radius 3 is 2.76 bits per heavy atom. The number of pyridine rings is 1. The number of H-pyrrole nitrogens is 1. The predicted molar refractivity (Wildman–Crippen MR) is 93.8 cm³/mol. The monoisotopic (exact) mass is 334 g/mol. The molecule has 0 bridgehead atoms. The lowest BCUT2D eigenvalue weighted by Gasteiger charge is -2.05. The molecule has 2 aromatic heterocycles. The first kappa shape index (κ1) is 15.4. The van der Waals surface area contributed by atoms with Gasteiger partial charge in [0.25, 0.3) is 5.91 Å². The number of hydrogen-bond donors (Lipinski definition) is 2. The molecule has 1 saturated carbocycles. The molecule has 1 fully saturated rings. The summed E-state index contributed by atoms with van der Waals surface area (Å²) in [7, 11) is 0. The van der Waals surface area contributed by atoms with Gasteiger partial charge in [0.1, 0.15) is 0 Å². The van der Waals surface area contributed by atoms with Crippen LogP contribution in [0.25, 0.3) is 5.69 Å². The number of aromatic nitrogens is 3. The number of rotatable bonds is 5. The third kappa shape index (κ3) is 3.52. The van der Waals surface area contributed by atoms with Gasteiger partial charge in [-0.05, 0) is 43.0 Å². The predicted octanol–water partition coefficient (Wildman–Crippen LogP) is 2.37. The highest BCUT2D eigenvalue weighted by atomic mass is 16.2. The summed E-state index contributed by atoms with van der Waals surface area (Å²) in [6.07, 6.45) is 3.99. The third-order valence-corrected chi connectivity index (χ3v) is 4.24. The molecule has 6 heteroatoms. The molecular weight excluding hydrogens is 316 g/mol. The zero-order chi connectivity index (χ0) is 17.2. The lowest BCUT2D eigenvalue weighted by molar-refractivity contribution is 0.0950. The van der Waals surface area contributed by atoms with E-state index in [1.54, 1.807) is 10.7 Å². The van der Waals surface area contributed by atoms with Gasteiger partial charge in [-0.1, -0.05) is 18.2 Å². The molecule has 126 valence electrons. The zero-order valence-electron chi connectivity index (χ0n) is 13.6. The maximum Gasteiger partial charge on any atom is 0.251 e. The van der Waals surface area contributed by atoms with Gasteiger partial charge in [0, 0.05) is 23.5 Å². The van der Waals surface area contributed by atoms with Crippen molar-refractivity contribution in [2.45, 2.75) is 25.3 Å². The molecular formula is C19H18N4O2. The van der Waals surface area contributed by atoms with E-state index in [0.717, 1.165) is 29.9 Å². The fourth-order valence-electron chi connectivity index (χ4n) is 2.76. The first-order chi connectivity index (χ1) is 12.2. The summed E-state index contributed by atoms with van der Waals surface area (Å²) in [4.78, 5) is 26.9. The lowest BCUT2D eigenvalue weighted by atomic mass is 10.1. The number of carbonyl (C=O) groups is 1. The van der Waals surface area contributed by atoms with Crippen molar-refractivity contribution in [3.8, 4) is 5.69 Å². The van der Waals surface area contributed by atoms with Crippen LogP contribution in [0.5, 0.6) is 0 Å². The van der Waals surface area contributed by atoms with E-state index >= 15 is 0 Å². The minimum atomic E-state index is -0.262. The number of aromatic amines is 1. The van der Waals surface area contributed by atoms with Crippen molar-refractivity contribution in [1.82, 2.24) is 20.1 Å². The van der Waals surface area contributed by atoms with Gasteiger partial charge in [0.2, 0.25) is 5.56 Å². The number of nitrogens with one attached hydrogen (secondary N) is 2. The molecule has 1 aromatic carbocycles. The van der Waals surface area contributed by atoms with E-state index in [-0.39, 0.29) is 11.5 Å². The first-order valence-corrected chi connectivity index (χ1v) is 8.31. The SMILES string of the molecule is O=C(NCc1ccn(-c2ccccc2)n1)c1cc(C2CC2)[nH]c(=O)c1. The highest BCUT2D eigenvalue weighted by Crippen LogP contribution is 2.38. The molecule has 0 radical (unpaired) electrons. The third-order valence-electron chi connectivity index (χ3n) is 4.24. The van der Waals surface area contributed by atoms with Crippen molar-refractivity contribution < 1.29 is 4.79 Å². The van der Waals surface area contributed by atoms with Crippen molar-refractivity contribution in [3.05, 3.63) is 82.0 Å². The summed E-state index contributed by atoms with van der Waals surface area (Å²) >= 11 is 0. The molecule has 6 nitrogen and oxygen atoms in total. The van der Waals surface area contributed by atoms with Crippen LogP contribution >= 0.6 is 0 Å². The molecule has 3 aromatic rings. The molecule has 2 N–H and O–H groups in total. The van der Waals surface area contributed by atoms with E-state index in [0.29, 0.717) is 18.0 Å². The molecule has 0 unspecified atom stereocenters. The van der Waals surface area contributed by atoms with E-state index in [9.17, 15) is 9.59 Å². The molecule has 0 atom stereocenters. The van der Waals surface area contributed by atoms with Gasteiger partial charge in [-0.15, -0.1) is 0 Å².